The molecular weight excluding hydrogens is 376 g/mol. The first kappa shape index (κ1) is 15.7. The fourth-order valence-electron chi connectivity index (χ4n) is 1.53. The van der Waals surface area contributed by atoms with E-state index in [-0.39, 0.29) is 11.4 Å². The Morgan fingerprint density at radius 2 is 2.00 bits per heavy atom. The summed E-state index contributed by atoms with van der Waals surface area (Å²) in [5.74, 6) is -1.99. The molecule has 0 fully saturated rings. The zero-order valence-electron chi connectivity index (χ0n) is 9.95. The highest BCUT2D eigenvalue weighted by Crippen LogP contribution is 2.33. The Bertz CT molecular complexity index is 722. The molecule has 0 aliphatic carbocycles. The molecule has 0 atom stereocenters. The molecule has 0 aliphatic heterocycles. The number of carboxylic acid groups (broad SMARTS) is 1. The summed E-state index contributed by atoms with van der Waals surface area (Å²) in [5, 5.41) is 9.14. The predicted molar refractivity (Wildman–Crippen MR) is 72.1 cm³/mol. The van der Waals surface area contributed by atoms with Crippen LogP contribution in [-0.4, -0.2) is 21.0 Å². The summed E-state index contributed by atoms with van der Waals surface area (Å²) in [6.45, 7) is 0. The predicted octanol–water partition coefficient (Wildman–Crippen LogP) is 4.28. The van der Waals surface area contributed by atoms with E-state index in [0.717, 1.165) is 0 Å². The van der Waals surface area contributed by atoms with Crippen LogP contribution in [0.15, 0.2) is 28.9 Å². The molecule has 110 valence electrons. The van der Waals surface area contributed by atoms with Gasteiger partial charge in [0.05, 0.1) is 5.02 Å². The van der Waals surface area contributed by atoms with Crippen LogP contribution in [0.2, 0.25) is 5.02 Å². The molecular formula is C12H5BrClF3N2O2. The molecule has 0 unspecified atom stereocenters. The van der Waals surface area contributed by atoms with Crippen LogP contribution in [0.5, 0.6) is 0 Å². The Morgan fingerprint density at radius 1 is 1.33 bits per heavy atom. The molecule has 21 heavy (non-hydrogen) atoms. The number of aromatic carboxylic acids is 1. The van der Waals surface area contributed by atoms with E-state index in [9.17, 15) is 18.0 Å². The van der Waals surface area contributed by atoms with E-state index < -0.39 is 23.4 Å². The molecule has 9 heteroatoms. The summed E-state index contributed by atoms with van der Waals surface area (Å²) in [7, 11) is 0. The molecule has 2 aromatic rings. The number of carboxylic acids is 1. The Morgan fingerprint density at radius 3 is 2.52 bits per heavy atom. The highest BCUT2D eigenvalue weighted by atomic mass is 79.9. The van der Waals surface area contributed by atoms with Gasteiger partial charge in [0.25, 0.3) is 0 Å². The van der Waals surface area contributed by atoms with Gasteiger partial charge in [0, 0.05) is 16.2 Å². The minimum atomic E-state index is -4.89. The van der Waals surface area contributed by atoms with E-state index in [1.807, 2.05) is 0 Å². The van der Waals surface area contributed by atoms with Gasteiger partial charge in [-0.2, -0.15) is 13.2 Å². The van der Waals surface area contributed by atoms with E-state index in [2.05, 4.69) is 25.9 Å². The number of rotatable bonds is 2. The third-order valence-electron chi connectivity index (χ3n) is 2.47. The second-order valence-corrected chi connectivity index (χ2v) is 5.15. The quantitative estimate of drug-likeness (QED) is 0.843. The molecule has 0 bridgehead atoms. The Hall–Kier alpha value is -1.67. The van der Waals surface area contributed by atoms with Crippen LogP contribution in [0.1, 0.15) is 16.1 Å². The molecule has 1 heterocycles. The van der Waals surface area contributed by atoms with Crippen molar-refractivity contribution in [3.8, 4) is 11.4 Å². The molecule has 2 rings (SSSR count). The highest BCUT2D eigenvalue weighted by Gasteiger charge is 2.38. The minimum Gasteiger partial charge on any atom is -0.478 e. The number of carbonyl (C=O) groups is 1. The second kappa shape index (κ2) is 5.61. The molecule has 0 saturated heterocycles. The van der Waals surface area contributed by atoms with Gasteiger partial charge in [-0.25, -0.2) is 14.8 Å². The number of hydrogen-bond donors (Lipinski definition) is 1. The van der Waals surface area contributed by atoms with Crippen molar-refractivity contribution in [2.45, 2.75) is 6.18 Å². The van der Waals surface area contributed by atoms with Gasteiger partial charge in [-0.15, -0.1) is 0 Å². The zero-order chi connectivity index (χ0) is 15.8. The molecule has 1 N–H and O–H groups in total. The summed E-state index contributed by atoms with van der Waals surface area (Å²) < 4.78 is 39.1. The highest BCUT2D eigenvalue weighted by molar-refractivity contribution is 9.10. The van der Waals surface area contributed by atoms with Crippen molar-refractivity contribution < 1.29 is 23.1 Å². The zero-order valence-corrected chi connectivity index (χ0v) is 12.3. The lowest BCUT2D eigenvalue weighted by molar-refractivity contribution is -0.141. The van der Waals surface area contributed by atoms with Gasteiger partial charge < -0.3 is 5.11 Å². The van der Waals surface area contributed by atoms with Crippen molar-refractivity contribution in [3.63, 3.8) is 0 Å². The van der Waals surface area contributed by atoms with Gasteiger partial charge in [-0.05, 0) is 34.1 Å². The number of aromatic nitrogens is 2. The summed E-state index contributed by atoms with van der Waals surface area (Å²) in [6.07, 6.45) is -4.26. The number of alkyl halides is 3. The standard InChI is InChI=1S/C12H5BrClF3N2O2/c13-7-3-5(1-2-8(7)14)10-18-4-6(11(20)21)9(19-10)12(15,16)17/h1-4H,(H,20,21). The van der Waals surface area contributed by atoms with Crippen molar-refractivity contribution in [2.24, 2.45) is 0 Å². The van der Waals surface area contributed by atoms with Crippen LogP contribution < -0.4 is 0 Å². The minimum absolute atomic E-state index is 0.246. The fourth-order valence-corrected chi connectivity index (χ4v) is 2.03. The number of halogens is 5. The Labute approximate surface area is 129 Å². The van der Waals surface area contributed by atoms with E-state index in [1.165, 1.54) is 18.2 Å². The van der Waals surface area contributed by atoms with Crippen LogP contribution in [0.25, 0.3) is 11.4 Å². The number of benzene rings is 1. The maximum Gasteiger partial charge on any atom is 0.434 e. The van der Waals surface area contributed by atoms with E-state index >= 15 is 0 Å². The molecule has 0 aliphatic rings. The van der Waals surface area contributed by atoms with Crippen LogP contribution in [0.4, 0.5) is 13.2 Å². The third-order valence-corrected chi connectivity index (χ3v) is 3.68. The Kier molecular flexibility index (Phi) is 4.20. The monoisotopic (exact) mass is 380 g/mol. The van der Waals surface area contributed by atoms with Gasteiger partial charge in [0.2, 0.25) is 0 Å². The van der Waals surface area contributed by atoms with Crippen LogP contribution >= 0.6 is 27.5 Å². The first-order valence-electron chi connectivity index (χ1n) is 5.33. The van der Waals surface area contributed by atoms with Crippen molar-refractivity contribution >= 4 is 33.5 Å². The molecule has 1 aromatic heterocycles. The second-order valence-electron chi connectivity index (χ2n) is 3.89. The molecule has 1 aromatic carbocycles. The van der Waals surface area contributed by atoms with Gasteiger partial charge in [0.1, 0.15) is 5.56 Å². The van der Waals surface area contributed by atoms with E-state index in [4.69, 9.17) is 16.7 Å². The molecule has 4 nitrogen and oxygen atoms in total. The summed E-state index contributed by atoms with van der Waals surface area (Å²) >= 11 is 8.93. The lowest BCUT2D eigenvalue weighted by atomic mass is 10.1. The lowest BCUT2D eigenvalue weighted by Gasteiger charge is -2.10. The van der Waals surface area contributed by atoms with Crippen LogP contribution in [0.3, 0.4) is 0 Å². The Balaban J connectivity index is 2.61. The molecule has 0 amide bonds. The van der Waals surface area contributed by atoms with E-state index in [0.29, 0.717) is 15.7 Å². The average molecular weight is 382 g/mol. The van der Waals surface area contributed by atoms with E-state index in [1.54, 1.807) is 0 Å². The molecule has 0 saturated carbocycles. The maximum atomic E-state index is 12.9. The van der Waals surface area contributed by atoms with Crippen molar-refractivity contribution in [1.82, 2.24) is 9.97 Å². The maximum absolute atomic E-state index is 12.9. The van der Waals surface area contributed by atoms with Crippen LogP contribution in [-0.2, 0) is 6.18 Å². The molecule has 0 radical (unpaired) electrons. The van der Waals surface area contributed by atoms with Crippen molar-refractivity contribution in [3.05, 3.63) is 45.1 Å². The van der Waals surface area contributed by atoms with Gasteiger partial charge in [-0.1, -0.05) is 11.6 Å². The lowest BCUT2D eigenvalue weighted by Crippen LogP contribution is -2.16. The topological polar surface area (TPSA) is 63.1 Å². The normalized spacial score (nSPS) is 11.5. The summed E-state index contributed by atoms with van der Waals surface area (Å²) in [6, 6.07) is 4.34. The van der Waals surface area contributed by atoms with Gasteiger partial charge in [0.15, 0.2) is 11.5 Å². The first-order chi connectivity index (χ1) is 9.70. The molecule has 0 spiro atoms. The fraction of sp³-hybridized carbons (Fsp3) is 0.0833. The third kappa shape index (κ3) is 3.33. The van der Waals surface area contributed by atoms with Crippen molar-refractivity contribution in [1.29, 1.82) is 0 Å². The van der Waals surface area contributed by atoms with Gasteiger partial charge in [-0.3, -0.25) is 0 Å². The number of hydrogen-bond acceptors (Lipinski definition) is 3. The largest absolute Gasteiger partial charge is 0.478 e. The van der Waals surface area contributed by atoms with Gasteiger partial charge >= 0.3 is 12.1 Å². The summed E-state index contributed by atoms with van der Waals surface area (Å²) in [4.78, 5) is 17.8. The summed E-state index contributed by atoms with van der Waals surface area (Å²) in [5.41, 5.74) is -2.22. The SMILES string of the molecule is O=C(O)c1cnc(-c2ccc(Cl)c(Br)c2)nc1C(F)(F)F. The first-order valence-corrected chi connectivity index (χ1v) is 6.50. The van der Waals surface area contributed by atoms with Crippen molar-refractivity contribution in [2.75, 3.05) is 0 Å². The average Bonchev–Trinajstić information content (AvgIpc) is 2.40. The smallest absolute Gasteiger partial charge is 0.434 e. The van der Waals surface area contributed by atoms with Crippen LogP contribution in [0, 0.1) is 0 Å². The number of nitrogens with zero attached hydrogens (tertiary/aromatic N) is 2.